The van der Waals surface area contributed by atoms with E-state index in [0.29, 0.717) is 46.9 Å². The number of ether oxygens (including phenoxy) is 5. The van der Waals surface area contributed by atoms with Crippen LogP contribution in [0.15, 0.2) is 180 Å². The molecule has 4 saturated carbocycles. The van der Waals surface area contributed by atoms with Gasteiger partial charge in [0.05, 0.1) is 14.2 Å². The number of hydrogen-bond donors (Lipinski definition) is 6. The molecule has 4 aromatic carbocycles. The molecule has 98 heavy (non-hydrogen) atoms. The highest BCUT2D eigenvalue weighted by Crippen LogP contribution is 2.44. The number of nitrogens with two attached hydrogens (primary N) is 1. The highest BCUT2D eigenvalue weighted by molar-refractivity contribution is 14.1. The fourth-order valence-electron chi connectivity index (χ4n) is 10.5. The molecule has 0 spiro atoms. The Kier molecular flexibility index (Phi) is 26.5. The molecular formula is C75H91BClIN8O12. The quantitative estimate of drug-likeness (QED) is 0.0356. The van der Waals surface area contributed by atoms with Crippen LogP contribution in [0.3, 0.4) is 0 Å². The number of hydrogen-bond acceptors (Lipinski definition) is 15. The van der Waals surface area contributed by atoms with Crippen LogP contribution in [0, 0.1) is 3.57 Å². The van der Waals surface area contributed by atoms with Crippen LogP contribution >= 0.6 is 35.0 Å². The van der Waals surface area contributed by atoms with Crippen molar-refractivity contribution < 1.29 is 48.1 Å². The second-order valence-corrected chi connectivity index (χ2v) is 28.8. The first kappa shape index (κ1) is 76.8. The maximum Gasteiger partial charge on any atom is 0.490 e. The first-order valence-electron chi connectivity index (χ1n) is 32.3. The van der Waals surface area contributed by atoms with Crippen LogP contribution in [0.5, 0.6) is 11.8 Å². The minimum atomic E-state index is -1.46. The highest BCUT2D eigenvalue weighted by Gasteiger charge is 2.42. The number of nitrogens with zero attached hydrogens (tertiary/aromatic N) is 4. The molecule has 0 bridgehead atoms. The van der Waals surface area contributed by atoms with Crippen molar-refractivity contribution >= 4 is 65.9 Å². The summed E-state index contributed by atoms with van der Waals surface area (Å²) in [4.78, 5) is 66.1. The first-order valence-corrected chi connectivity index (χ1v) is 33.4. The fourth-order valence-corrected chi connectivity index (χ4v) is 10.8. The van der Waals surface area contributed by atoms with E-state index in [1.54, 1.807) is 54.7 Å². The number of nitrogens with one attached hydrogen (secondary N) is 3. The zero-order valence-corrected chi connectivity index (χ0v) is 60.8. The van der Waals surface area contributed by atoms with Gasteiger partial charge in [0.2, 0.25) is 22.9 Å². The van der Waals surface area contributed by atoms with Crippen molar-refractivity contribution in [2.24, 2.45) is 19.8 Å². The van der Waals surface area contributed by atoms with Crippen LogP contribution in [0.4, 0.5) is 14.4 Å². The van der Waals surface area contributed by atoms with Gasteiger partial charge in [-0.1, -0.05) is 91.0 Å². The maximum atomic E-state index is 11.8. The predicted molar refractivity (Wildman–Crippen MR) is 394 cm³/mol. The van der Waals surface area contributed by atoms with Gasteiger partial charge in [0.15, 0.2) is 0 Å². The number of halogens is 2. The molecule has 3 amide bonds. The van der Waals surface area contributed by atoms with Gasteiger partial charge in [-0.2, -0.15) is 0 Å². The number of benzene rings is 4. The summed E-state index contributed by atoms with van der Waals surface area (Å²) in [5, 5.41) is 26.1. The van der Waals surface area contributed by atoms with Crippen LogP contribution < -0.4 is 47.7 Å². The lowest BCUT2D eigenvalue weighted by atomic mass is 9.82. The lowest BCUT2D eigenvalue weighted by Crippen LogP contribution is -2.34. The molecule has 8 aromatic rings. The minimum absolute atomic E-state index is 0. The van der Waals surface area contributed by atoms with E-state index in [1.807, 2.05) is 99.0 Å². The second kappa shape index (κ2) is 33.8. The van der Waals surface area contributed by atoms with Crippen LogP contribution in [-0.2, 0) is 28.3 Å². The zero-order chi connectivity index (χ0) is 70.5. The molecule has 4 aliphatic carbocycles. The molecule has 23 heteroatoms. The smallest absolute Gasteiger partial charge is 0.481 e. The van der Waals surface area contributed by atoms with E-state index in [0.717, 1.165) is 59.1 Å². The third-order valence-electron chi connectivity index (χ3n) is 16.0. The van der Waals surface area contributed by atoms with Crippen molar-refractivity contribution in [3.63, 3.8) is 0 Å². The van der Waals surface area contributed by atoms with Crippen molar-refractivity contribution in [2.45, 2.75) is 153 Å². The Balaban J connectivity index is 0.000000176. The van der Waals surface area contributed by atoms with Gasteiger partial charge in [0.25, 0.3) is 0 Å². The second-order valence-electron chi connectivity index (χ2n) is 27.5. The normalized spacial score (nSPS) is 19.0. The zero-order valence-electron chi connectivity index (χ0n) is 57.8. The summed E-state index contributed by atoms with van der Waals surface area (Å²) in [5.41, 5.74) is 16.3. The van der Waals surface area contributed by atoms with Crippen LogP contribution in [0.2, 0.25) is 0 Å². The Morgan fingerprint density at radius 1 is 0.469 bits per heavy atom. The topological polar surface area (TPSA) is 270 Å². The molecule has 12 rings (SSSR count). The molecule has 7 N–H and O–H groups in total. The molecule has 520 valence electrons. The van der Waals surface area contributed by atoms with Gasteiger partial charge < -0.3 is 64.6 Å². The Labute approximate surface area is 594 Å². The van der Waals surface area contributed by atoms with Gasteiger partial charge in [-0.3, -0.25) is 9.59 Å². The molecule has 8 atom stereocenters. The number of pyridine rings is 4. The summed E-state index contributed by atoms with van der Waals surface area (Å²) in [5.74, 6) is 2.73. The number of aryl methyl sites for hydroxylation is 2. The molecule has 0 aliphatic heterocycles. The van der Waals surface area contributed by atoms with Crippen LogP contribution in [-0.4, -0.2) is 110 Å². The fraction of sp³-hybridized carbons (Fsp3) is 0.373. The standard InChI is InChI=1S/2C20H24N2O3.C15H16N2O.C14H18INO2.C6H8BNO3.ClH/c1-20(2,3)25-19(24)21-17-11-16(17)14-7-5-13(6-8-14)15-9-10-18(23)22(4)12-15;1-20(2,3)25-19(23)22-17-11-16(17)14-7-5-13(6-8-14)15-9-10-18(24-4)21-12-15;1-17-9-12(6-7-15(17)18)10-2-4-11(5-3-10)13-8-14(13)16;1-14(2,3)18-13(17)16-12-8-11(12)9-4-6-10(15)7-5-9;1-11-6-3-2-5(4-8-6)7(9)10;/h5-10,12,16-17H,11H2,1-4H3,(H,21,24);5-10,12,16-17H,11H2,1-4H3,(H,22,23);2-7,9,13-14H,8,16H2,1H3;4-7,11-12H,8H2,1-3H3,(H,16,17);2-4,9-10H,1H3;1H. The Hall–Kier alpha value is -8.55. The molecule has 4 fully saturated rings. The molecule has 4 aromatic heterocycles. The monoisotopic (exact) mass is 1470 g/mol. The third-order valence-corrected chi connectivity index (χ3v) is 16.7. The van der Waals surface area contributed by atoms with E-state index in [2.05, 4.69) is 146 Å². The average Bonchev–Trinajstić information content (AvgIpc) is 1.69. The van der Waals surface area contributed by atoms with Crippen molar-refractivity contribution in [2.75, 3.05) is 14.2 Å². The predicted octanol–water partition coefficient (Wildman–Crippen LogP) is 12.3. The Morgan fingerprint density at radius 3 is 1.06 bits per heavy atom. The average molecular weight is 1470 g/mol. The van der Waals surface area contributed by atoms with E-state index in [4.69, 9.17) is 39.5 Å². The molecular weight excluding hydrogens is 1380 g/mol. The summed E-state index contributed by atoms with van der Waals surface area (Å²) in [6, 6.07) is 48.3. The van der Waals surface area contributed by atoms with Crippen molar-refractivity contribution in [1.29, 1.82) is 0 Å². The maximum absolute atomic E-state index is 11.8. The van der Waals surface area contributed by atoms with Gasteiger partial charge >= 0.3 is 25.4 Å². The number of carbonyl (C=O) groups is 3. The van der Waals surface area contributed by atoms with Gasteiger partial charge in [-0.15, -0.1) is 12.4 Å². The van der Waals surface area contributed by atoms with Crippen molar-refractivity contribution in [3.05, 3.63) is 217 Å². The SMILES string of the molecule is CC(C)(C)OC(=O)NC1CC1c1ccc(I)cc1.COc1ccc(-c2ccc(C3CC3NC(=O)OC(C)(C)C)cc2)cn1.COc1ccc(B(O)O)cn1.Cl.Cn1cc(-c2ccc(C3CC3N)cc2)ccc1=O.Cn1cc(-c2ccc(C3CC3NC(=O)OC(C)(C)C)cc2)ccc1=O. The van der Waals surface area contributed by atoms with Crippen molar-refractivity contribution in [3.8, 4) is 45.1 Å². The summed E-state index contributed by atoms with van der Waals surface area (Å²) in [6.07, 6.45) is 9.80. The van der Waals surface area contributed by atoms with E-state index in [9.17, 15) is 24.0 Å². The molecule has 0 saturated heterocycles. The number of methoxy groups -OCH3 is 2. The van der Waals surface area contributed by atoms with E-state index in [-0.39, 0.29) is 59.9 Å². The number of aromatic nitrogens is 4. The number of amides is 3. The highest BCUT2D eigenvalue weighted by atomic mass is 127. The van der Waals surface area contributed by atoms with Gasteiger partial charge in [-0.25, -0.2) is 24.4 Å². The minimum Gasteiger partial charge on any atom is -0.481 e. The van der Waals surface area contributed by atoms with Crippen LogP contribution in [0.1, 0.15) is 134 Å². The number of alkyl carbamates (subject to hydrolysis) is 3. The van der Waals surface area contributed by atoms with E-state index < -0.39 is 23.9 Å². The van der Waals surface area contributed by atoms with Gasteiger partial charge in [-0.05, 0) is 197 Å². The molecule has 4 aliphatic rings. The molecule has 20 nitrogen and oxygen atoms in total. The molecule has 4 heterocycles. The summed E-state index contributed by atoms with van der Waals surface area (Å²) < 4.78 is 30.1. The van der Waals surface area contributed by atoms with Gasteiger partial charge in [0.1, 0.15) is 16.8 Å². The number of rotatable bonds is 13. The van der Waals surface area contributed by atoms with Crippen LogP contribution in [0.25, 0.3) is 33.4 Å². The lowest BCUT2D eigenvalue weighted by molar-refractivity contribution is 0.0511. The van der Waals surface area contributed by atoms with Crippen molar-refractivity contribution in [1.82, 2.24) is 35.1 Å². The first-order chi connectivity index (χ1) is 45.8. The van der Waals surface area contributed by atoms with Gasteiger partial charge in [0, 0.05) is 120 Å². The summed E-state index contributed by atoms with van der Waals surface area (Å²) in [7, 11) is 5.15. The Morgan fingerprint density at radius 2 is 0.776 bits per heavy atom. The Bertz CT molecular complexity index is 4050. The molecule has 8 unspecified atom stereocenters. The summed E-state index contributed by atoms with van der Waals surface area (Å²) in [6.45, 7) is 16.8. The largest absolute Gasteiger partial charge is 0.490 e. The van der Waals surface area contributed by atoms with E-state index >= 15 is 0 Å². The summed E-state index contributed by atoms with van der Waals surface area (Å²) >= 11 is 2.29. The van der Waals surface area contributed by atoms with E-state index in [1.165, 1.54) is 45.2 Å². The third kappa shape index (κ3) is 24.2. The molecule has 0 radical (unpaired) electrons. The number of carbonyl (C=O) groups excluding carboxylic acids is 3. The lowest BCUT2D eigenvalue weighted by Gasteiger charge is -2.19.